The number of nitrogens with two attached hydrogens (primary N) is 1. The molecule has 41 heavy (non-hydrogen) atoms. The molecular formula is C32H52N4O5. The number of carbonyl (C=O) groups excluding carboxylic acids is 4. The molecule has 4 N–H and O–H groups in total. The van der Waals surface area contributed by atoms with Crippen molar-refractivity contribution in [3.8, 4) is 0 Å². The number of nitrogens with one attached hydrogen (secondary N) is 2. The summed E-state index contributed by atoms with van der Waals surface area (Å²) < 4.78 is 5.38. The van der Waals surface area contributed by atoms with Crippen LogP contribution in [0.1, 0.15) is 121 Å². The summed E-state index contributed by atoms with van der Waals surface area (Å²) in [5.74, 6) is -1.52. The third kappa shape index (κ3) is 12.1. The van der Waals surface area contributed by atoms with Crippen LogP contribution in [0.3, 0.4) is 0 Å². The highest BCUT2D eigenvalue weighted by Gasteiger charge is 2.37. The van der Waals surface area contributed by atoms with Crippen LogP contribution in [-0.2, 0) is 19.1 Å². The van der Waals surface area contributed by atoms with E-state index >= 15 is 0 Å². The molecule has 4 amide bonds. The number of alkyl carbamates (subject to hydrolysis) is 1. The fraction of sp³-hybridized carbons (Fsp3) is 0.688. The van der Waals surface area contributed by atoms with Gasteiger partial charge < -0.3 is 26.0 Å². The van der Waals surface area contributed by atoms with E-state index in [0.29, 0.717) is 18.5 Å². The fourth-order valence-corrected chi connectivity index (χ4v) is 5.47. The summed E-state index contributed by atoms with van der Waals surface area (Å²) in [6.45, 7) is 11.5. The molecule has 9 heteroatoms. The fourth-order valence-electron chi connectivity index (χ4n) is 5.47. The van der Waals surface area contributed by atoms with Crippen LogP contribution < -0.4 is 16.4 Å². The average Bonchev–Trinajstić information content (AvgIpc) is 2.85. The highest BCUT2D eigenvalue weighted by atomic mass is 16.6. The third-order valence-corrected chi connectivity index (χ3v) is 7.25. The van der Waals surface area contributed by atoms with Gasteiger partial charge in [0, 0.05) is 12.6 Å². The summed E-state index contributed by atoms with van der Waals surface area (Å²) in [5, 5.41) is 5.78. The van der Waals surface area contributed by atoms with Gasteiger partial charge in [-0.3, -0.25) is 14.4 Å². The summed E-state index contributed by atoms with van der Waals surface area (Å²) in [4.78, 5) is 54.6. The van der Waals surface area contributed by atoms with Crippen molar-refractivity contribution in [2.75, 3.05) is 6.54 Å². The van der Waals surface area contributed by atoms with Crippen molar-refractivity contribution in [3.63, 3.8) is 0 Å². The monoisotopic (exact) mass is 572 g/mol. The largest absolute Gasteiger partial charge is 0.444 e. The standard InChI is InChI=1S/C32H52N4O5/c1-7-8-9-10-14-17-36(30(39)26(21-27(33)37)35-31(40)41-32(4,5)6)28(24-19-22(2)18-23(3)20-24)29(38)34-25-15-12-11-13-16-25/h18-20,25-26,28H,7-17,21H2,1-6H3,(H2,33,37)(H,34,38)(H,35,40). The summed E-state index contributed by atoms with van der Waals surface area (Å²) in [6, 6.07) is 3.74. The molecule has 0 radical (unpaired) electrons. The Morgan fingerprint density at radius 1 is 0.976 bits per heavy atom. The van der Waals surface area contributed by atoms with Gasteiger partial charge in [0.2, 0.25) is 17.7 Å². The normalized spacial score (nSPS) is 15.5. The smallest absolute Gasteiger partial charge is 0.408 e. The zero-order chi connectivity index (χ0) is 30.6. The maximum absolute atomic E-state index is 14.2. The average molecular weight is 573 g/mol. The summed E-state index contributed by atoms with van der Waals surface area (Å²) >= 11 is 0. The number of hydrogen-bond acceptors (Lipinski definition) is 5. The number of unbranched alkanes of at least 4 members (excludes halogenated alkanes) is 4. The Labute approximate surface area is 246 Å². The summed E-state index contributed by atoms with van der Waals surface area (Å²) in [6.07, 6.45) is 8.59. The number of aryl methyl sites for hydroxylation is 2. The Kier molecular flexibility index (Phi) is 13.6. The molecule has 9 nitrogen and oxygen atoms in total. The van der Waals surface area contributed by atoms with Gasteiger partial charge in [-0.15, -0.1) is 0 Å². The van der Waals surface area contributed by atoms with Crippen molar-refractivity contribution in [1.29, 1.82) is 0 Å². The SMILES string of the molecule is CCCCCCCN(C(=O)C(CC(N)=O)NC(=O)OC(C)(C)C)C(C(=O)NC1CCCCC1)c1cc(C)cc(C)c1. The van der Waals surface area contributed by atoms with Crippen LogP contribution in [0.25, 0.3) is 0 Å². The Hall–Kier alpha value is -3.10. The molecular weight excluding hydrogens is 520 g/mol. The molecule has 1 fully saturated rings. The minimum absolute atomic E-state index is 0.0486. The lowest BCUT2D eigenvalue weighted by Gasteiger charge is -2.36. The van der Waals surface area contributed by atoms with Crippen LogP contribution in [0.2, 0.25) is 0 Å². The molecule has 1 aliphatic carbocycles. The van der Waals surface area contributed by atoms with E-state index in [1.807, 2.05) is 32.0 Å². The predicted molar refractivity (Wildman–Crippen MR) is 161 cm³/mol. The molecule has 2 atom stereocenters. The molecule has 1 aromatic carbocycles. The van der Waals surface area contributed by atoms with E-state index < -0.39 is 42.0 Å². The Balaban J connectivity index is 2.51. The van der Waals surface area contributed by atoms with E-state index in [1.165, 1.54) is 4.90 Å². The summed E-state index contributed by atoms with van der Waals surface area (Å²) in [7, 11) is 0. The highest BCUT2D eigenvalue weighted by Crippen LogP contribution is 2.27. The number of ether oxygens (including phenoxy) is 1. The van der Waals surface area contributed by atoms with Gasteiger partial charge in [0.25, 0.3) is 0 Å². The van der Waals surface area contributed by atoms with Gasteiger partial charge in [0.15, 0.2) is 0 Å². The van der Waals surface area contributed by atoms with E-state index in [2.05, 4.69) is 17.6 Å². The van der Waals surface area contributed by atoms with Gasteiger partial charge >= 0.3 is 6.09 Å². The van der Waals surface area contributed by atoms with Crippen molar-refractivity contribution in [2.45, 2.75) is 136 Å². The first-order valence-corrected chi connectivity index (χ1v) is 15.3. The number of rotatable bonds is 14. The van der Waals surface area contributed by atoms with E-state index in [1.54, 1.807) is 20.8 Å². The Morgan fingerprint density at radius 2 is 1.59 bits per heavy atom. The Morgan fingerprint density at radius 3 is 2.15 bits per heavy atom. The van der Waals surface area contributed by atoms with Crippen LogP contribution >= 0.6 is 0 Å². The molecule has 0 aromatic heterocycles. The maximum Gasteiger partial charge on any atom is 0.408 e. The van der Waals surface area contributed by atoms with Crippen LogP contribution in [0.15, 0.2) is 18.2 Å². The van der Waals surface area contributed by atoms with Crippen LogP contribution in [0.5, 0.6) is 0 Å². The van der Waals surface area contributed by atoms with Gasteiger partial charge in [-0.1, -0.05) is 81.2 Å². The second-order valence-corrected chi connectivity index (χ2v) is 12.5. The lowest BCUT2D eigenvalue weighted by atomic mass is 9.93. The molecule has 0 aliphatic heterocycles. The van der Waals surface area contributed by atoms with Crippen molar-refractivity contribution in [1.82, 2.24) is 15.5 Å². The molecule has 1 aromatic rings. The van der Waals surface area contributed by atoms with Crippen LogP contribution in [0, 0.1) is 13.8 Å². The third-order valence-electron chi connectivity index (χ3n) is 7.25. The van der Waals surface area contributed by atoms with Crippen molar-refractivity contribution >= 4 is 23.8 Å². The first-order chi connectivity index (χ1) is 19.3. The zero-order valence-corrected chi connectivity index (χ0v) is 26.0. The second-order valence-electron chi connectivity index (χ2n) is 12.5. The summed E-state index contributed by atoms with van der Waals surface area (Å²) in [5.41, 5.74) is 7.38. The Bertz CT molecular complexity index is 1010. The van der Waals surface area contributed by atoms with Crippen LogP contribution in [0.4, 0.5) is 4.79 Å². The first kappa shape index (κ1) is 34.1. The molecule has 0 saturated heterocycles. The predicted octanol–water partition coefficient (Wildman–Crippen LogP) is 5.36. The minimum atomic E-state index is -1.27. The van der Waals surface area contributed by atoms with Gasteiger partial charge in [-0.05, 0) is 59.4 Å². The van der Waals surface area contributed by atoms with Crippen molar-refractivity contribution in [2.24, 2.45) is 5.73 Å². The number of primary amides is 1. The first-order valence-electron chi connectivity index (χ1n) is 15.3. The molecule has 1 aliphatic rings. The van der Waals surface area contributed by atoms with E-state index in [4.69, 9.17) is 10.5 Å². The number of hydrogen-bond donors (Lipinski definition) is 3. The molecule has 2 unspecified atom stereocenters. The quantitative estimate of drug-likeness (QED) is 0.258. The molecule has 230 valence electrons. The van der Waals surface area contributed by atoms with Gasteiger partial charge in [0.1, 0.15) is 17.7 Å². The number of amides is 4. The number of nitrogens with zero attached hydrogens (tertiary/aromatic N) is 1. The van der Waals surface area contributed by atoms with E-state index in [0.717, 1.165) is 68.9 Å². The van der Waals surface area contributed by atoms with Gasteiger partial charge in [0.05, 0.1) is 6.42 Å². The van der Waals surface area contributed by atoms with E-state index in [9.17, 15) is 19.2 Å². The molecule has 0 heterocycles. The highest BCUT2D eigenvalue weighted by molar-refractivity contribution is 5.94. The van der Waals surface area contributed by atoms with E-state index in [-0.39, 0.29) is 11.9 Å². The molecule has 0 bridgehead atoms. The van der Waals surface area contributed by atoms with Crippen molar-refractivity contribution in [3.05, 3.63) is 34.9 Å². The molecule has 1 saturated carbocycles. The lowest BCUT2D eigenvalue weighted by molar-refractivity contribution is -0.143. The van der Waals surface area contributed by atoms with Gasteiger partial charge in [-0.25, -0.2) is 4.79 Å². The topological polar surface area (TPSA) is 131 Å². The van der Waals surface area contributed by atoms with Gasteiger partial charge in [-0.2, -0.15) is 0 Å². The number of carbonyl (C=O) groups is 4. The zero-order valence-electron chi connectivity index (χ0n) is 26.0. The molecule has 0 spiro atoms. The maximum atomic E-state index is 14.2. The van der Waals surface area contributed by atoms with Crippen molar-refractivity contribution < 1.29 is 23.9 Å². The number of benzene rings is 1. The minimum Gasteiger partial charge on any atom is -0.444 e. The molecule has 2 rings (SSSR count). The lowest BCUT2D eigenvalue weighted by Crippen LogP contribution is -2.55. The van der Waals surface area contributed by atoms with Crippen LogP contribution in [-0.4, -0.2) is 52.9 Å². The second kappa shape index (κ2) is 16.4.